The number of alkyl halides is 1. The lowest BCUT2D eigenvalue weighted by atomic mass is 10.0. The standard InChI is InChI=1S/C9H14BrNO3S/c10-6-1-2-7(9(13)14)11(5-6)8(12)3-4-15/h6-7,15H,1-5H2,(H,13,14). The summed E-state index contributed by atoms with van der Waals surface area (Å²) in [6.45, 7) is 0.476. The molecule has 2 atom stereocenters. The van der Waals surface area contributed by atoms with E-state index in [-0.39, 0.29) is 10.7 Å². The molecular formula is C9H14BrNO3S. The Morgan fingerprint density at radius 3 is 2.67 bits per heavy atom. The smallest absolute Gasteiger partial charge is 0.326 e. The van der Waals surface area contributed by atoms with Crippen molar-refractivity contribution < 1.29 is 14.7 Å². The molecule has 1 rings (SSSR count). The van der Waals surface area contributed by atoms with E-state index in [0.29, 0.717) is 25.1 Å². The number of hydrogen-bond donors (Lipinski definition) is 2. The van der Waals surface area contributed by atoms with Crippen LogP contribution in [0.1, 0.15) is 19.3 Å². The van der Waals surface area contributed by atoms with Crippen molar-refractivity contribution in [2.24, 2.45) is 0 Å². The van der Waals surface area contributed by atoms with E-state index in [4.69, 9.17) is 5.11 Å². The van der Waals surface area contributed by atoms with Gasteiger partial charge in [0.25, 0.3) is 0 Å². The Kier molecular flexibility index (Phi) is 4.92. The monoisotopic (exact) mass is 295 g/mol. The summed E-state index contributed by atoms with van der Waals surface area (Å²) in [5.41, 5.74) is 0. The summed E-state index contributed by atoms with van der Waals surface area (Å²) in [7, 11) is 0. The van der Waals surface area contributed by atoms with Crippen molar-refractivity contribution in [3.05, 3.63) is 0 Å². The van der Waals surface area contributed by atoms with Crippen LogP contribution < -0.4 is 0 Å². The summed E-state index contributed by atoms with van der Waals surface area (Å²) in [6, 6.07) is -0.661. The first-order valence-electron chi connectivity index (χ1n) is 4.83. The molecule has 1 heterocycles. The molecule has 86 valence electrons. The number of carboxylic acid groups (broad SMARTS) is 1. The number of carboxylic acids is 1. The summed E-state index contributed by atoms with van der Waals surface area (Å²) in [5, 5.41) is 8.98. The Labute approximate surface area is 103 Å². The molecule has 0 saturated carbocycles. The number of amides is 1. The van der Waals surface area contributed by atoms with E-state index in [2.05, 4.69) is 28.6 Å². The van der Waals surface area contributed by atoms with Crippen LogP contribution in [0.3, 0.4) is 0 Å². The fourth-order valence-corrected chi connectivity index (χ4v) is 2.47. The minimum Gasteiger partial charge on any atom is -0.480 e. The molecular weight excluding hydrogens is 282 g/mol. The second-order valence-electron chi connectivity index (χ2n) is 3.55. The maximum Gasteiger partial charge on any atom is 0.326 e. The Morgan fingerprint density at radius 1 is 1.47 bits per heavy atom. The Balaban J connectivity index is 2.69. The van der Waals surface area contributed by atoms with Crippen molar-refractivity contribution in [3.63, 3.8) is 0 Å². The maximum absolute atomic E-state index is 11.7. The van der Waals surface area contributed by atoms with Gasteiger partial charge in [0, 0.05) is 17.8 Å². The average molecular weight is 296 g/mol. The number of carbonyl (C=O) groups excluding carboxylic acids is 1. The van der Waals surface area contributed by atoms with Gasteiger partial charge < -0.3 is 10.0 Å². The van der Waals surface area contributed by atoms with Crippen LogP contribution in [0.4, 0.5) is 0 Å². The van der Waals surface area contributed by atoms with Gasteiger partial charge in [0.1, 0.15) is 6.04 Å². The second kappa shape index (κ2) is 5.75. The molecule has 0 aromatic heterocycles. The number of piperidine rings is 1. The molecule has 1 fully saturated rings. The van der Waals surface area contributed by atoms with E-state index in [0.717, 1.165) is 6.42 Å². The summed E-state index contributed by atoms with van der Waals surface area (Å²) < 4.78 is 0. The Bertz CT molecular complexity index is 262. The lowest BCUT2D eigenvalue weighted by molar-refractivity contribution is -0.151. The van der Waals surface area contributed by atoms with Gasteiger partial charge in [0.15, 0.2) is 0 Å². The molecule has 1 N–H and O–H groups in total. The highest BCUT2D eigenvalue weighted by Crippen LogP contribution is 2.23. The number of thiol groups is 1. The van der Waals surface area contributed by atoms with Crippen LogP contribution in [0.5, 0.6) is 0 Å². The molecule has 0 bridgehead atoms. The molecule has 6 heteroatoms. The third kappa shape index (κ3) is 3.38. The predicted octanol–water partition coefficient (Wildman–Crippen LogP) is 1.15. The summed E-state index contributed by atoms with van der Waals surface area (Å²) in [5.74, 6) is -0.585. The van der Waals surface area contributed by atoms with Crippen molar-refractivity contribution in [2.45, 2.75) is 30.1 Å². The largest absolute Gasteiger partial charge is 0.480 e. The van der Waals surface area contributed by atoms with Crippen LogP contribution >= 0.6 is 28.6 Å². The fourth-order valence-electron chi connectivity index (χ4n) is 1.70. The van der Waals surface area contributed by atoms with Gasteiger partial charge in [-0.05, 0) is 18.6 Å². The van der Waals surface area contributed by atoms with Crippen molar-refractivity contribution in [2.75, 3.05) is 12.3 Å². The van der Waals surface area contributed by atoms with Crippen molar-refractivity contribution in [3.8, 4) is 0 Å². The van der Waals surface area contributed by atoms with E-state index in [9.17, 15) is 9.59 Å². The van der Waals surface area contributed by atoms with Crippen molar-refractivity contribution in [1.29, 1.82) is 0 Å². The number of nitrogens with zero attached hydrogens (tertiary/aromatic N) is 1. The highest BCUT2D eigenvalue weighted by Gasteiger charge is 2.34. The van der Waals surface area contributed by atoms with E-state index < -0.39 is 12.0 Å². The van der Waals surface area contributed by atoms with Crippen LogP contribution in [-0.2, 0) is 9.59 Å². The number of aliphatic carboxylic acids is 1. The van der Waals surface area contributed by atoms with Crippen LogP contribution in [0.2, 0.25) is 0 Å². The van der Waals surface area contributed by atoms with Gasteiger partial charge in [-0.15, -0.1) is 0 Å². The third-order valence-electron chi connectivity index (χ3n) is 2.46. The second-order valence-corrected chi connectivity index (χ2v) is 5.29. The summed E-state index contributed by atoms with van der Waals surface area (Å²) >= 11 is 7.40. The molecule has 0 aliphatic carbocycles. The highest BCUT2D eigenvalue weighted by molar-refractivity contribution is 9.09. The average Bonchev–Trinajstić information content (AvgIpc) is 2.17. The minimum atomic E-state index is -0.915. The number of halogens is 1. The zero-order valence-electron chi connectivity index (χ0n) is 8.23. The Morgan fingerprint density at radius 2 is 2.13 bits per heavy atom. The number of carbonyl (C=O) groups is 2. The first kappa shape index (κ1) is 12.8. The van der Waals surface area contributed by atoms with Crippen LogP contribution in [0, 0.1) is 0 Å². The van der Waals surface area contributed by atoms with Crippen LogP contribution in [0.15, 0.2) is 0 Å². The van der Waals surface area contributed by atoms with Crippen molar-refractivity contribution in [1.82, 2.24) is 4.90 Å². The molecule has 4 nitrogen and oxygen atoms in total. The zero-order valence-corrected chi connectivity index (χ0v) is 10.7. The van der Waals surface area contributed by atoms with Gasteiger partial charge in [0.05, 0.1) is 0 Å². The molecule has 0 spiro atoms. The normalized spacial score (nSPS) is 26.4. The predicted molar refractivity (Wildman–Crippen MR) is 63.6 cm³/mol. The van der Waals surface area contributed by atoms with E-state index in [1.807, 2.05) is 0 Å². The summed E-state index contributed by atoms with van der Waals surface area (Å²) in [6.07, 6.45) is 1.61. The molecule has 0 radical (unpaired) electrons. The van der Waals surface area contributed by atoms with Gasteiger partial charge in [-0.1, -0.05) is 15.9 Å². The number of rotatable bonds is 3. The van der Waals surface area contributed by atoms with Crippen molar-refractivity contribution >= 4 is 40.4 Å². The van der Waals surface area contributed by atoms with Gasteiger partial charge >= 0.3 is 5.97 Å². The van der Waals surface area contributed by atoms with Gasteiger partial charge in [-0.2, -0.15) is 12.6 Å². The first-order chi connectivity index (χ1) is 7.06. The van der Waals surface area contributed by atoms with E-state index in [1.165, 1.54) is 4.90 Å². The lowest BCUT2D eigenvalue weighted by Crippen LogP contribution is -2.51. The van der Waals surface area contributed by atoms with Gasteiger partial charge in [-0.3, -0.25) is 4.79 Å². The molecule has 1 aliphatic heterocycles. The highest BCUT2D eigenvalue weighted by atomic mass is 79.9. The molecule has 15 heavy (non-hydrogen) atoms. The van der Waals surface area contributed by atoms with Gasteiger partial charge in [-0.25, -0.2) is 4.79 Å². The molecule has 1 amide bonds. The molecule has 0 aromatic carbocycles. The SMILES string of the molecule is O=C(O)C1CCC(Br)CN1C(=O)CCS. The van der Waals surface area contributed by atoms with Crippen LogP contribution in [-0.4, -0.2) is 45.0 Å². The third-order valence-corrected chi connectivity index (χ3v) is 3.43. The zero-order chi connectivity index (χ0) is 11.4. The lowest BCUT2D eigenvalue weighted by Gasteiger charge is -2.35. The van der Waals surface area contributed by atoms with Crippen LogP contribution in [0.25, 0.3) is 0 Å². The molecule has 1 saturated heterocycles. The fraction of sp³-hybridized carbons (Fsp3) is 0.778. The number of hydrogen-bond acceptors (Lipinski definition) is 3. The maximum atomic E-state index is 11.7. The molecule has 0 aromatic rings. The number of likely N-dealkylation sites (tertiary alicyclic amines) is 1. The van der Waals surface area contributed by atoms with E-state index >= 15 is 0 Å². The first-order valence-corrected chi connectivity index (χ1v) is 6.38. The van der Waals surface area contributed by atoms with Gasteiger partial charge in [0.2, 0.25) is 5.91 Å². The summed E-state index contributed by atoms with van der Waals surface area (Å²) in [4.78, 5) is 24.3. The molecule has 2 unspecified atom stereocenters. The quantitative estimate of drug-likeness (QED) is 0.606. The topological polar surface area (TPSA) is 57.6 Å². The van der Waals surface area contributed by atoms with E-state index in [1.54, 1.807) is 0 Å². The molecule has 1 aliphatic rings. The Hall–Kier alpha value is -0.230. The minimum absolute atomic E-state index is 0.124.